The highest BCUT2D eigenvalue weighted by Crippen LogP contribution is 2.39. The maximum absolute atomic E-state index is 14.1. The van der Waals surface area contributed by atoms with Crippen LogP contribution in [0.1, 0.15) is 53.6 Å². The van der Waals surface area contributed by atoms with Crippen LogP contribution in [0, 0.1) is 5.41 Å². The highest BCUT2D eigenvalue weighted by atomic mass is 32.1. The van der Waals surface area contributed by atoms with Gasteiger partial charge in [-0.15, -0.1) is 11.3 Å². The number of ether oxygens (including phenoxy) is 2. The number of hydrogen-bond donors (Lipinski definition) is 1. The van der Waals surface area contributed by atoms with E-state index in [-0.39, 0.29) is 18.9 Å². The van der Waals surface area contributed by atoms with E-state index in [1.807, 2.05) is 63.2 Å². The van der Waals surface area contributed by atoms with Gasteiger partial charge < -0.3 is 24.5 Å². The fourth-order valence-corrected chi connectivity index (χ4v) is 6.45. The molecule has 0 spiro atoms. The summed E-state index contributed by atoms with van der Waals surface area (Å²) in [6.45, 7) is 13.5. The Morgan fingerprint density at radius 3 is 2.51 bits per heavy atom. The summed E-state index contributed by atoms with van der Waals surface area (Å²) in [5, 5.41) is 9.31. The molecule has 1 N–H and O–H groups in total. The lowest BCUT2D eigenvalue weighted by Crippen LogP contribution is -2.56. The van der Waals surface area contributed by atoms with Crippen molar-refractivity contribution in [3.05, 3.63) is 94.7 Å². The number of nitrogens with one attached hydrogen (secondary N) is 1. The average molecular weight is 628 g/mol. The maximum Gasteiger partial charge on any atom is 0.328 e. The van der Waals surface area contributed by atoms with Crippen LogP contribution in [0.4, 0.5) is 0 Å². The first kappa shape index (κ1) is 31.7. The molecule has 2 amide bonds. The van der Waals surface area contributed by atoms with Crippen molar-refractivity contribution in [1.82, 2.24) is 10.2 Å². The van der Waals surface area contributed by atoms with Gasteiger partial charge in [0.15, 0.2) is 0 Å². The third kappa shape index (κ3) is 6.42. The van der Waals surface area contributed by atoms with Gasteiger partial charge in [-0.05, 0) is 51.8 Å². The minimum absolute atomic E-state index is 0.0890. The van der Waals surface area contributed by atoms with Crippen LogP contribution in [0.25, 0.3) is 17.2 Å². The smallest absolute Gasteiger partial charge is 0.328 e. The molecule has 1 fully saturated rings. The summed E-state index contributed by atoms with van der Waals surface area (Å²) in [4.78, 5) is 48.3. The SMILES string of the molecule is C=CCOc1ccc2c(c1)/C(=N\O[C@@H]1C[C@@H](C(=O)OC)N(C(=O)[C@@H](NC(=O)c3sccc3C=C)C(C)(C)C)C1)c1ccccc1-2. The predicted molar refractivity (Wildman–Crippen MR) is 175 cm³/mol. The Labute approximate surface area is 267 Å². The van der Waals surface area contributed by atoms with Crippen LogP contribution in [-0.4, -0.2) is 66.8 Å². The van der Waals surface area contributed by atoms with Crippen molar-refractivity contribution in [3.8, 4) is 16.9 Å². The van der Waals surface area contributed by atoms with E-state index < -0.39 is 35.5 Å². The number of amides is 2. The van der Waals surface area contributed by atoms with Crippen molar-refractivity contribution in [2.24, 2.45) is 10.6 Å². The van der Waals surface area contributed by atoms with Gasteiger partial charge in [-0.1, -0.05) is 75.5 Å². The summed E-state index contributed by atoms with van der Waals surface area (Å²) in [6, 6.07) is 13.7. The molecular weight excluding hydrogens is 590 g/mol. The first-order valence-electron chi connectivity index (χ1n) is 14.7. The fraction of sp³-hybridized carbons (Fsp3) is 0.314. The molecule has 2 heterocycles. The lowest BCUT2D eigenvalue weighted by atomic mass is 9.85. The zero-order valence-electron chi connectivity index (χ0n) is 25.9. The van der Waals surface area contributed by atoms with Gasteiger partial charge >= 0.3 is 5.97 Å². The molecule has 0 saturated carbocycles. The molecule has 1 aromatic heterocycles. The van der Waals surface area contributed by atoms with Crippen LogP contribution in [-0.2, 0) is 19.2 Å². The first-order valence-corrected chi connectivity index (χ1v) is 15.6. The van der Waals surface area contributed by atoms with E-state index in [1.165, 1.54) is 23.3 Å². The zero-order chi connectivity index (χ0) is 32.3. The van der Waals surface area contributed by atoms with Crippen LogP contribution in [0.15, 0.2) is 78.3 Å². The Morgan fingerprint density at radius 2 is 1.82 bits per heavy atom. The Hall–Kier alpha value is -4.70. The van der Waals surface area contributed by atoms with Crippen molar-refractivity contribution in [3.63, 3.8) is 0 Å². The number of oxime groups is 1. The van der Waals surface area contributed by atoms with E-state index in [0.717, 1.165) is 22.3 Å². The van der Waals surface area contributed by atoms with E-state index >= 15 is 0 Å². The second kappa shape index (κ2) is 13.1. The quantitative estimate of drug-likeness (QED) is 0.138. The van der Waals surface area contributed by atoms with Crippen LogP contribution >= 0.6 is 11.3 Å². The van der Waals surface area contributed by atoms with Crippen molar-refractivity contribution in [2.45, 2.75) is 45.4 Å². The normalized spacial score (nSPS) is 18.5. The van der Waals surface area contributed by atoms with Crippen LogP contribution in [0.3, 0.4) is 0 Å². The second-order valence-electron chi connectivity index (χ2n) is 12.0. The molecule has 45 heavy (non-hydrogen) atoms. The van der Waals surface area contributed by atoms with Gasteiger partial charge in [-0.25, -0.2) is 4.79 Å². The monoisotopic (exact) mass is 627 g/mol. The third-order valence-electron chi connectivity index (χ3n) is 7.91. The van der Waals surface area contributed by atoms with E-state index in [9.17, 15) is 14.4 Å². The largest absolute Gasteiger partial charge is 0.490 e. The van der Waals surface area contributed by atoms with Gasteiger partial charge in [-0.3, -0.25) is 9.59 Å². The number of rotatable bonds is 10. The molecule has 234 valence electrons. The molecule has 2 aromatic carbocycles. The average Bonchev–Trinajstić information content (AvgIpc) is 3.76. The zero-order valence-corrected chi connectivity index (χ0v) is 26.7. The molecule has 2 aliphatic rings. The number of thiophene rings is 1. The number of carbonyl (C=O) groups is 3. The Bertz CT molecular complexity index is 1670. The number of esters is 1. The third-order valence-corrected chi connectivity index (χ3v) is 8.84. The standard InChI is InChI=1S/C35H37N3O6S/c1-7-16-43-22-13-14-25-24-11-9-10-12-26(24)29(27(25)18-22)37-44-23-19-28(34(41)42-6)38(20-23)33(40)31(35(3,4)5)36-32(39)30-21(8-2)15-17-45-30/h7-15,17-18,23,28,31H,1-2,16,19-20H2,3-6H3,(H,36,39)/b37-29-/t23-,28+,31-/m1/s1. The van der Waals surface area contributed by atoms with Gasteiger partial charge in [0.05, 0.1) is 18.5 Å². The van der Waals surface area contributed by atoms with Gasteiger partial charge in [0, 0.05) is 17.5 Å². The van der Waals surface area contributed by atoms with E-state index in [4.69, 9.17) is 14.3 Å². The molecule has 0 unspecified atom stereocenters. The fourth-order valence-electron chi connectivity index (χ4n) is 5.65. The lowest BCUT2D eigenvalue weighted by molar-refractivity contribution is -0.152. The number of carbonyl (C=O) groups excluding carboxylic acids is 3. The first-order chi connectivity index (χ1) is 21.6. The molecule has 9 nitrogen and oxygen atoms in total. The number of methoxy groups -OCH3 is 1. The number of hydrogen-bond acceptors (Lipinski definition) is 8. The summed E-state index contributed by atoms with van der Waals surface area (Å²) >= 11 is 1.27. The van der Waals surface area contributed by atoms with Crippen molar-refractivity contribution in [2.75, 3.05) is 20.3 Å². The highest BCUT2D eigenvalue weighted by molar-refractivity contribution is 7.12. The maximum atomic E-state index is 14.1. The number of likely N-dealkylation sites (tertiary alicyclic amines) is 1. The van der Waals surface area contributed by atoms with E-state index in [2.05, 4.69) is 23.6 Å². The molecule has 10 heteroatoms. The van der Waals surface area contributed by atoms with Crippen molar-refractivity contribution in [1.29, 1.82) is 0 Å². The van der Waals surface area contributed by atoms with E-state index in [1.54, 1.807) is 23.6 Å². The topological polar surface area (TPSA) is 107 Å². The van der Waals surface area contributed by atoms with Crippen molar-refractivity contribution < 1.29 is 28.7 Å². The van der Waals surface area contributed by atoms with Gasteiger partial charge in [0.1, 0.15) is 36.3 Å². The molecule has 5 rings (SSSR count). The van der Waals surface area contributed by atoms with Gasteiger partial charge in [0.25, 0.3) is 5.91 Å². The van der Waals surface area contributed by atoms with Crippen molar-refractivity contribution >= 4 is 40.9 Å². The second-order valence-corrected chi connectivity index (χ2v) is 12.9. The summed E-state index contributed by atoms with van der Waals surface area (Å²) in [5.41, 5.74) is 4.45. The number of benzene rings is 2. The molecule has 1 aliphatic carbocycles. The summed E-state index contributed by atoms with van der Waals surface area (Å²) < 4.78 is 10.8. The van der Waals surface area contributed by atoms with Crippen LogP contribution in [0.5, 0.6) is 5.75 Å². The number of fused-ring (bicyclic) bond motifs is 3. The minimum atomic E-state index is -0.926. The molecular formula is C35H37N3O6S. The highest BCUT2D eigenvalue weighted by Gasteiger charge is 2.46. The Morgan fingerprint density at radius 1 is 1.09 bits per heavy atom. The van der Waals surface area contributed by atoms with Gasteiger partial charge in [-0.2, -0.15) is 0 Å². The lowest BCUT2D eigenvalue weighted by Gasteiger charge is -2.35. The molecule has 1 saturated heterocycles. The Kier molecular flexibility index (Phi) is 9.24. The predicted octanol–water partition coefficient (Wildman–Crippen LogP) is 5.69. The minimum Gasteiger partial charge on any atom is -0.490 e. The summed E-state index contributed by atoms with van der Waals surface area (Å²) in [6.07, 6.45) is 2.87. The van der Waals surface area contributed by atoms with Gasteiger partial charge in [0.2, 0.25) is 5.91 Å². The molecule has 0 bridgehead atoms. The summed E-state index contributed by atoms with van der Waals surface area (Å²) in [7, 11) is 1.29. The molecule has 1 aliphatic heterocycles. The van der Waals surface area contributed by atoms with E-state index in [0.29, 0.717) is 28.5 Å². The summed E-state index contributed by atoms with van der Waals surface area (Å²) in [5.74, 6) is -0.664. The Balaban J connectivity index is 1.41. The van der Waals surface area contributed by atoms with Crippen LogP contribution in [0.2, 0.25) is 0 Å². The van der Waals surface area contributed by atoms with Crippen LogP contribution < -0.4 is 10.1 Å². The molecule has 0 radical (unpaired) electrons. The molecule has 3 aromatic rings. The molecule has 3 atom stereocenters. The number of nitrogens with zero attached hydrogens (tertiary/aromatic N) is 2.